The molecule has 8 heteroatoms. The second-order valence-corrected chi connectivity index (χ2v) is 6.17. The molecule has 8 nitrogen and oxygen atoms in total. The molecule has 0 unspecified atom stereocenters. The standard InChI is InChI=1S/C19H17N5O3/c1-2-3-9-24-18(25)14-7-6-12(10-15(14)21-19(24)26)17-22-16(23-27-17)13-5-4-8-20-11-13/h4-8,10-11H,2-3,9H2,1H3,(H,21,26). The van der Waals surface area contributed by atoms with Gasteiger partial charge in [-0.1, -0.05) is 18.5 Å². The second kappa shape index (κ2) is 6.99. The minimum Gasteiger partial charge on any atom is -0.334 e. The Hall–Kier alpha value is -3.55. The zero-order valence-corrected chi connectivity index (χ0v) is 14.7. The third kappa shape index (κ3) is 3.17. The minimum atomic E-state index is -0.417. The molecular weight excluding hydrogens is 346 g/mol. The van der Waals surface area contributed by atoms with Gasteiger partial charge in [0.2, 0.25) is 5.82 Å². The van der Waals surface area contributed by atoms with Crippen LogP contribution in [-0.4, -0.2) is 24.7 Å². The normalized spacial score (nSPS) is 11.1. The van der Waals surface area contributed by atoms with Crippen molar-refractivity contribution in [3.63, 3.8) is 0 Å². The van der Waals surface area contributed by atoms with Crippen LogP contribution in [0.1, 0.15) is 19.8 Å². The molecule has 0 amide bonds. The van der Waals surface area contributed by atoms with Gasteiger partial charge < -0.3 is 9.51 Å². The topological polar surface area (TPSA) is 107 Å². The molecule has 1 aromatic carbocycles. The Morgan fingerprint density at radius 1 is 1.19 bits per heavy atom. The number of hydrogen-bond donors (Lipinski definition) is 1. The highest BCUT2D eigenvalue weighted by atomic mass is 16.5. The molecule has 27 heavy (non-hydrogen) atoms. The van der Waals surface area contributed by atoms with Gasteiger partial charge in [-0.05, 0) is 36.8 Å². The van der Waals surface area contributed by atoms with Crippen LogP contribution in [0.2, 0.25) is 0 Å². The van der Waals surface area contributed by atoms with Gasteiger partial charge in [-0.25, -0.2) is 4.79 Å². The van der Waals surface area contributed by atoms with E-state index in [1.165, 1.54) is 4.57 Å². The number of pyridine rings is 1. The number of benzene rings is 1. The number of aromatic amines is 1. The lowest BCUT2D eigenvalue weighted by atomic mass is 10.1. The highest BCUT2D eigenvalue weighted by Gasteiger charge is 2.13. The maximum atomic E-state index is 12.6. The first-order valence-corrected chi connectivity index (χ1v) is 8.68. The molecule has 0 fully saturated rings. The Balaban J connectivity index is 1.75. The fourth-order valence-electron chi connectivity index (χ4n) is 2.86. The average molecular weight is 363 g/mol. The van der Waals surface area contributed by atoms with Crippen molar-refractivity contribution in [2.75, 3.05) is 0 Å². The molecule has 1 N–H and O–H groups in total. The summed E-state index contributed by atoms with van der Waals surface area (Å²) in [4.78, 5) is 36.0. The number of fused-ring (bicyclic) bond motifs is 1. The minimum absolute atomic E-state index is 0.296. The van der Waals surface area contributed by atoms with Gasteiger partial charge in [-0.2, -0.15) is 4.98 Å². The molecule has 0 aliphatic heterocycles. The van der Waals surface area contributed by atoms with Crippen LogP contribution >= 0.6 is 0 Å². The predicted octanol–water partition coefficient (Wildman–Crippen LogP) is 2.60. The van der Waals surface area contributed by atoms with Gasteiger partial charge in [-0.15, -0.1) is 0 Å². The summed E-state index contributed by atoms with van der Waals surface area (Å²) in [6, 6.07) is 8.68. The highest BCUT2D eigenvalue weighted by molar-refractivity contribution is 5.82. The molecule has 0 aliphatic rings. The second-order valence-electron chi connectivity index (χ2n) is 6.17. The first kappa shape index (κ1) is 16.9. The van der Waals surface area contributed by atoms with E-state index < -0.39 is 5.69 Å². The molecule has 0 aliphatic carbocycles. The number of aromatic nitrogens is 5. The molecule has 0 bridgehead atoms. The van der Waals surface area contributed by atoms with Crippen LogP contribution in [0.5, 0.6) is 0 Å². The summed E-state index contributed by atoms with van der Waals surface area (Å²) in [5.74, 6) is 0.716. The lowest BCUT2D eigenvalue weighted by molar-refractivity contribution is 0.432. The lowest BCUT2D eigenvalue weighted by Crippen LogP contribution is -2.35. The molecule has 136 valence electrons. The first-order chi connectivity index (χ1) is 13.2. The number of hydrogen-bond acceptors (Lipinski definition) is 6. The number of rotatable bonds is 5. The average Bonchev–Trinajstić information content (AvgIpc) is 3.18. The van der Waals surface area contributed by atoms with Crippen LogP contribution in [0.3, 0.4) is 0 Å². The van der Waals surface area contributed by atoms with Gasteiger partial charge in [0, 0.05) is 30.1 Å². The maximum absolute atomic E-state index is 12.6. The molecule has 3 heterocycles. The predicted molar refractivity (Wildman–Crippen MR) is 100 cm³/mol. The van der Waals surface area contributed by atoms with Crippen molar-refractivity contribution in [1.82, 2.24) is 24.7 Å². The zero-order chi connectivity index (χ0) is 18.8. The fourth-order valence-corrected chi connectivity index (χ4v) is 2.86. The van der Waals surface area contributed by atoms with Gasteiger partial charge in [0.25, 0.3) is 11.4 Å². The van der Waals surface area contributed by atoms with Gasteiger partial charge in [-0.3, -0.25) is 14.3 Å². The molecule has 0 spiro atoms. The Labute approximate surface area is 153 Å². The smallest absolute Gasteiger partial charge is 0.328 e. The Bertz CT molecular complexity index is 1210. The van der Waals surface area contributed by atoms with Crippen molar-refractivity contribution in [3.05, 3.63) is 63.6 Å². The summed E-state index contributed by atoms with van der Waals surface area (Å²) in [7, 11) is 0. The number of H-pyrrole nitrogens is 1. The molecule has 3 aromatic heterocycles. The van der Waals surface area contributed by atoms with Crippen LogP contribution in [0, 0.1) is 0 Å². The highest BCUT2D eigenvalue weighted by Crippen LogP contribution is 2.23. The lowest BCUT2D eigenvalue weighted by Gasteiger charge is -2.06. The van der Waals surface area contributed by atoms with Crippen molar-refractivity contribution >= 4 is 10.9 Å². The summed E-state index contributed by atoms with van der Waals surface area (Å²) in [6.45, 7) is 2.41. The summed E-state index contributed by atoms with van der Waals surface area (Å²) in [5.41, 5.74) is 1.08. The summed E-state index contributed by atoms with van der Waals surface area (Å²) in [5, 5.41) is 4.41. The van der Waals surface area contributed by atoms with Crippen LogP contribution in [0.4, 0.5) is 0 Å². The quantitative estimate of drug-likeness (QED) is 0.584. The number of nitrogens with one attached hydrogen (secondary N) is 1. The monoisotopic (exact) mass is 363 g/mol. The number of nitrogens with zero attached hydrogens (tertiary/aromatic N) is 4. The van der Waals surface area contributed by atoms with E-state index in [9.17, 15) is 9.59 Å². The van der Waals surface area contributed by atoms with E-state index in [2.05, 4.69) is 20.1 Å². The zero-order valence-electron chi connectivity index (χ0n) is 14.7. The molecule has 0 atom stereocenters. The van der Waals surface area contributed by atoms with Gasteiger partial charge in [0.05, 0.1) is 10.9 Å². The van der Waals surface area contributed by atoms with Crippen molar-refractivity contribution in [1.29, 1.82) is 0 Å². The Kier molecular flexibility index (Phi) is 4.37. The van der Waals surface area contributed by atoms with Crippen molar-refractivity contribution in [2.24, 2.45) is 0 Å². The van der Waals surface area contributed by atoms with E-state index in [1.807, 2.05) is 13.0 Å². The fraction of sp³-hybridized carbons (Fsp3) is 0.211. The van der Waals surface area contributed by atoms with Crippen LogP contribution < -0.4 is 11.2 Å². The summed E-state index contributed by atoms with van der Waals surface area (Å²) in [6.07, 6.45) is 4.98. The molecule has 0 radical (unpaired) electrons. The van der Waals surface area contributed by atoms with E-state index in [1.54, 1.807) is 36.7 Å². The van der Waals surface area contributed by atoms with E-state index in [-0.39, 0.29) is 5.56 Å². The molecule has 0 saturated carbocycles. The third-order valence-electron chi connectivity index (χ3n) is 4.31. The van der Waals surface area contributed by atoms with Gasteiger partial charge in [0.15, 0.2) is 0 Å². The van der Waals surface area contributed by atoms with Crippen LogP contribution in [0.15, 0.2) is 56.8 Å². The van der Waals surface area contributed by atoms with E-state index in [4.69, 9.17) is 4.52 Å². The molecule has 4 rings (SSSR count). The molecule has 0 saturated heterocycles. The van der Waals surface area contributed by atoms with Crippen molar-refractivity contribution in [3.8, 4) is 22.8 Å². The van der Waals surface area contributed by atoms with Crippen molar-refractivity contribution < 1.29 is 4.52 Å². The van der Waals surface area contributed by atoms with E-state index >= 15 is 0 Å². The van der Waals surface area contributed by atoms with E-state index in [0.29, 0.717) is 34.7 Å². The van der Waals surface area contributed by atoms with Crippen LogP contribution in [-0.2, 0) is 6.54 Å². The number of unbranched alkanes of at least 4 members (excludes halogenated alkanes) is 1. The Morgan fingerprint density at radius 3 is 2.85 bits per heavy atom. The third-order valence-corrected chi connectivity index (χ3v) is 4.31. The Morgan fingerprint density at radius 2 is 2.07 bits per heavy atom. The SMILES string of the molecule is CCCCn1c(=O)[nH]c2cc(-c3nc(-c4cccnc4)no3)ccc2c1=O. The molecule has 4 aromatic rings. The van der Waals surface area contributed by atoms with Gasteiger partial charge >= 0.3 is 5.69 Å². The maximum Gasteiger partial charge on any atom is 0.328 e. The largest absolute Gasteiger partial charge is 0.334 e. The van der Waals surface area contributed by atoms with Crippen molar-refractivity contribution in [2.45, 2.75) is 26.3 Å². The van der Waals surface area contributed by atoms with E-state index in [0.717, 1.165) is 18.4 Å². The van der Waals surface area contributed by atoms with Crippen LogP contribution in [0.25, 0.3) is 33.7 Å². The summed E-state index contributed by atoms with van der Waals surface area (Å²) < 4.78 is 6.56. The van der Waals surface area contributed by atoms with Gasteiger partial charge in [0.1, 0.15) is 0 Å². The first-order valence-electron chi connectivity index (χ1n) is 8.68. The summed E-state index contributed by atoms with van der Waals surface area (Å²) >= 11 is 0. The molecular formula is C19H17N5O3.